The molecule has 0 saturated carbocycles. The van der Waals surface area contributed by atoms with Crippen molar-refractivity contribution in [1.29, 1.82) is 0 Å². The smallest absolute Gasteiger partial charge is 0.123 e. The van der Waals surface area contributed by atoms with Gasteiger partial charge in [-0.25, -0.2) is 4.39 Å². The van der Waals surface area contributed by atoms with Crippen molar-refractivity contribution in [2.24, 2.45) is 11.7 Å². The molecule has 3 heteroatoms. The van der Waals surface area contributed by atoms with Crippen molar-refractivity contribution in [1.82, 2.24) is 4.90 Å². The van der Waals surface area contributed by atoms with Crippen LogP contribution in [0.2, 0.25) is 0 Å². The molecular weight excluding hydrogens is 215 g/mol. The van der Waals surface area contributed by atoms with Gasteiger partial charge in [0.15, 0.2) is 0 Å². The highest BCUT2D eigenvalue weighted by atomic mass is 19.1. The lowest BCUT2D eigenvalue weighted by atomic mass is 10.0. The summed E-state index contributed by atoms with van der Waals surface area (Å²) >= 11 is 0. The van der Waals surface area contributed by atoms with Gasteiger partial charge in [0.1, 0.15) is 5.82 Å². The first-order valence-electron chi connectivity index (χ1n) is 6.45. The molecule has 2 nitrogen and oxygen atoms in total. The normalized spacial score (nSPS) is 20.9. The molecule has 0 amide bonds. The van der Waals surface area contributed by atoms with Crippen molar-refractivity contribution in [3.05, 3.63) is 35.6 Å². The lowest BCUT2D eigenvalue weighted by Gasteiger charge is -2.16. The maximum absolute atomic E-state index is 12.8. The van der Waals surface area contributed by atoms with E-state index >= 15 is 0 Å². The summed E-state index contributed by atoms with van der Waals surface area (Å²) in [4.78, 5) is 2.45. The minimum Gasteiger partial charge on any atom is -0.330 e. The average Bonchev–Trinajstić information content (AvgIpc) is 2.77. The third-order valence-corrected chi connectivity index (χ3v) is 3.51. The fraction of sp³-hybridized carbons (Fsp3) is 0.571. The highest BCUT2D eigenvalue weighted by Gasteiger charge is 2.21. The van der Waals surface area contributed by atoms with Gasteiger partial charge in [-0.15, -0.1) is 0 Å². The van der Waals surface area contributed by atoms with E-state index in [0.29, 0.717) is 0 Å². The molecule has 1 saturated heterocycles. The van der Waals surface area contributed by atoms with Crippen LogP contribution < -0.4 is 5.73 Å². The van der Waals surface area contributed by atoms with Crippen LogP contribution in [-0.4, -0.2) is 24.5 Å². The van der Waals surface area contributed by atoms with E-state index in [1.54, 1.807) is 0 Å². The number of benzene rings is 1. The quantitative estimate of drug-likeness (QED) is 0.850. The first-order valence-corrected chi connectivity index (χ1v) is 6.45. The van der Waals surface area contributed by atoms with Gasteiger partial charge in [0.05, 0.1) is 0 Å². The second kappa shape index (κ2) is 6.12. The Kier molecular flexibility index (Phi) is 4.51. The lowest BCUT2D eigenvalue weighted by molar-refractivity contribution is 0.312. The van der Waals surface area contributed by atoms with Gasteiger partial charge in [-0.2, -0.15) is 0 Å². The van der Waals surface area contributed by atoms with E-state index < -0.39 is 0 Å². The number of hydrogen-bond donors (Lipinski definition) is 1. The molecule has 17 heavy (non-hydrogen) atoms. The molecule has 0 spiro atoms. The zero-order chi connectivity index (χ0) is 12.1. The second-order valence-electron chi connectivity index (χ2n) is 4.95. The summed E-state index contributed by atoms with van der Waals surface area (Å²) in [5.41, 5.74) is 6.73. The van der Waals surface area contributed by atoms with Crippen LogP contribution in [0.4, 0.5) is 4.39 Å². The first kappa shape index (κ1) is 12.5. The molecule has 1 aromatic carbocycles. The van der Waals surface area contributed by atoms with Crippen LogP contribution in [-0.2, 0) is 6.54 Å². The Morgan fingerprint density at radius 3 is 2.76 bits per heavy atom. The van der Waals surface area contributed by atoms with Gasteiger partial charge >= 0.3 is 0 Å². The van der Waals surface area contributed by atoms with E-state index in [2.05, 4.69) is 4.90 Å². The average molecular weight is 236 g/mol. The van der Waals surface area contributed by atoms with Crippen LogP contribution in [0, 0.1) is 11.7 Å². The van der Waals surface area contributed by atoms with Crippen LogP contribution in [0.15, 0.2) is 24.3 Å². The number of hydrogen-bond acceptors (Lipinski definition) is 2. The maximum Gasteiger partial charge on any atom is 0.123 e. The summed E-state index contributed by atoms with van der Waals surface area (Å²) in [5.74, 6) is 0.648. The maximum atomic E-state index is 12.8. The van der Waals surface area contributed by atoms with Crippen molar-refractivity contribution < 1.29 is 4.39 Å². The Balaban J connectivity index is 1.79. The van der Waals surface area contributed by atoms with Gasteiger partial charge in [-0.05, 0) is 56.0 Å². The first-order chi connectivity index (χ1) is 8.28. The van der Waals surface area contributed by atoms with E-state index in [9.17, 15) is 4.39 Å². The molecule has 0 aromatic heterocycles. The molecule has 0 bridgehead atoms. The molecular formula is C14H21FN2. The third-order valence-electron chi connectivity index (χ3n) is 3.51. The third kappa shape index (κ3) is 3.79. The molecule has 1 heterocycles. The fourth-order valence-corrected chi connectivity index (χ4v) is 2.55. The molecule has 1 aromatic rings. The van der Waals surface area contributed by atoms with Crippen molar-refractivity contribution >= 4 is 0 Å². The minimum atomic E-state index is -0.156. The fourth-order valence-electron chi connectivity index (χ4n) is 2.55. The molecule has 0 radical (unpaired) electrons. The number of halogens is 1. The van der Waals surface area contributed by atoms with Crippen molar-refractivity contribution in [3.8, 4) is 0 Å². The standard InChI is InChI=1S/C14H21FN2/c15-14-5-3-13(4-6-14)11-17-9-7-12(10-17)2-1-8-16/h3-6,12H,1-2,7-11,16H2. The highest BCUT2D eigenvalue weighted by molar-refractivity contribution is 5.16. The van der Waals surface area contributed by atoms with Crippen LogP contribution in [0.25, 0.3) is 0 Å². The van der Waals surface area contributed by atoms with Gasteiger partial charge in [-0.3, -0.25) is 4.90 Å². The summed E-state index contributed by atoms with van der Waals surface area (Å²) in [5, 5.41) is 0. The molecule has 1 aliphatic rings. The van der Waals surface area contributed by atoms with E-state index in [0.717, 1.165) is 38.5 Å². The zero-order valence-corrected chi connectivity index (χ0v) is 10.2. The molecule has 2 rings (SSSR count). The molecule has 1 atom stereocenters. The van der Waals surface area contributed by atoms with Gasteiger partial charge in [0.25, 0.3) is 0 Å². The topological polar surface area (TPSA) is 29.3 Å². The Hall–Kier alpha value is -0.930. The van der Waals surface area contributed by atoms with Crippen LogP contribution in [0.3, 0.4) is 0 Å². The molecule has 0 aliphatic carbocycles. The van der Waals surface area contributed by atoms with E-state index in [4.69, 9.17) is 5.73 Å². The predicted molar refractivity (Wildman–Crippen MR) is 68.1 cm³/mol. The summed E-state index contributed by atoms with van der Waals surface area (Å²) < 4.78 is 12.8. The molecule has 94 valence electrons. The highest BCUT2D eigenvalue weighted by Crippen LogP contribution is 2.22. The molecule has 1 unspecified atom stereocenters. The van der Waals surface area contributed by atoms with Crippen molar-refractivity contribution in [2.45, 2.75) is 25.8 Å². The summed E-state index contributed by atoms with van der Waals surface area (Å²) in [6.07, 6.45) is 3.66. The molecule has 1 aliphatic heterocycles. The van der Waals surface area contributed by atoms with Crippen LogP contribution in [0.1, 0.15) is 24.8 Å². The van der Waals surface area contributed by atoms with Crippen LogP contribution in [0.5, 0.6) is 0 Å². The van der Waals surface area contributed by atoms with Gasteiger partial charge in [0.2, 0.25) is 0 Å². The second-order valence-corrected chi connectivity index (χ2v) is 4.95. The van der Waals surface area contributed by atoms with E-state index in [1.807, 2.05) is 12.1 Å². The van der Waals surface area contributed by atoms with Gasteiger partial charge in [-0.1, -0.05) is 12.1 Å². The zero-order valence-electron chi connectivity index (χ0n) is 10.2. The van der Waals surface area contributed by atoms with E-state index in [1.165, 1.54) is 30.5 Å². The van der Waals surface area contributed by atoms with Crippen LogP contribution >= 0.6 is 0 Å². The van der Waals surface area contributed by atoms with Gasteiger partial charge in [0, 0.05) is 13.1 Å². The monoisotopic (exact) mass is 236 g/mol. The number of likely N-dealkylation sites (tertiary alicyclic amines) is 1. The number of nitrogens with two attached hydrogens (primary N) is 1. The Morgan fingerprint density at radius 1 is 1.29 bits per heavy atom. The Bertz CT molecular complexity index is 337. The predicted octanol–water partition coefficient (Wildman–Crippen LogP) is 2.39. The SMILES string of the molecule is NCCCC1CCN(Cc2ccc(F)cc2)C1. The van der Waals surface area contributed by atoms with Gasteiger partial charge < -0.3 is 5.73 Å². The number of nitrogens with zero attached hydrogens (tertiary/aromatic N) is 1. The van der Waals surface area contributed by atoms with E-state index in [-0.39, 0.29) is 5.82 Å². The molecule has 2 N–H and O–H groups in total. The minimum absolute atomic E-state index is 0.156. The van der Waals surface area contributed by atoms with Crippen molar-refractivity contribution in [3.63, 3.8) is 0 Å². The molecule has 1 fully saturated rings. The number of rotatable bonds is 5. The lowest BCUT2D eigenvalue weighted by Crippen LogP contribution is -2.20. The summed E-state index contributed by atoms with van der Waals surface area (Å²) in [6, 6.07) is 6.83. The largest absolute Gasteiger partial charge is 0.330 e. The summed E-state index contributed by atoms with van der Waals surface area (Å²) in [7, 11) is 0. The Morgan fingerprint density at radius 2 is 2.06 bits per heavy atom. The van der Waals surface area contributed by atoms with Crippen molar-refractivity contribution in [2.75, 3.05) is 19.6 Å². The summed E-state index contributed by atoms with van der Waals surface area (Å²) in [6.45, 7) is 4.07. The Labute approximate surface area is 103 Å².